The van der Waals surface area contributed by atoms with Crippen LogP contribution in [0.15, 0.2) is 48.5 Å². The third kappa shape index (κ3) is 5.65. The van der Waals surface area contributed by atoms with Crippen molar-refractivity contribution in [3.63, 3.8) is 0 Å². The van der Waals surface area contributed by atoms with Crippen molar-refractivity contribution in [2.45, 2.75) is 18.5 Å². The summed E-state index contributed by atoms with van der Waals surface area (Å²) >= 11 is 0. The largest absolute Gasteiger partial charge is 0.478 e. The summed E-state index contributed by atoms with van der Waals surface area (Å²) in [7, 11) is 0. The van der Waals surface area contributed by atoms with Crippen LogP contribution in [-0.2, 0) is 17.1 Å². The van der Waals surface area contributed by atoms with E-state index < -0.39 is 35.6 Å². The number of alkyl halides is 6. The van der Waals surface area contributed by atoms with Gasteiger partial charge >= 0.3 is 18.3 Å². The topological polar surface area (TPSA) is 46.5 Å². The molecule has 1 unspecified atom stereocenters. The maximum Gasteiger partial charge on any atom is 0.416 e. The van der Waals surface area contributed by atoms with Crippen LogP contribution in [0.25, 0.3) is 0 Å². The van der Waals surface area contributed by atoms with Crippen molar-refractivity contribution < 1.29 is 41.0 Å². The van der Waals surface area contributed by atoms with Crippen LogP contribution >= 0.6 is 0 Å². The first-order chi connectivity index (χ1) is 11.5. The summed E-state index contributed by atoms with van der Waals surface area (Å²) in [4.78, 5) is 11.3. The molecule has 3 nitrogen and oxygen atoms in total. The molecule has 135 valence electrons. The summed E-state index contributed by atoms with van der Waals surface area (Å²) in [5, 5.41) is 9.18. The van der Waals surface area contributed by atoms with Gasteiger partial charge in [-0.05, 0) is 36.4 Å². The Hall–Kier alpha value is -1.71. The van der Waals surface area contributed by atoms with Crippen molar-refractivity contribution in [1.29, 1.82) is 0 Å². The molecule has 0 saturated carbocycles. The average Bonchev–Trinajstić information content (AvgIpc) is 2.51. The molecule has 2 aromatic rings. The third-order valence-corrected chi connectivity index (χ3v) is 3.18. The van der Waals surface area contributed by atoms with Crippen LogP contribution in [0.5, 0.6) is 5.75 Å². The Labute approximate surface area is 165 Å². The van der Waals surface area contributed by atoms with Gasteiger partial charge in [-0.2, -0.15) is 26.3 Å². The normalized spacial score (nSPS) is 12.8. The predicted octanol–water partition coefficient (Wildman–Crippen LogP) is 4.55. The van der Waals surface area contributed by atoms with E-state index in [1.165, 1.54) is 0 Å². The molecule has 10 heteroatoms. The summed E-state index contributed by atoms with van der Waals surface area (Å²) in [5.41, 5.74) is -2.32. The van der Waals surface area contributed by atoms with E-state index >= 15 is 0 Å². The van der Waals surface area contributed by atoms with Crippen LogP contribution in [0, 0.1) is 0 Å². The van der Waals surface area contributed by atoms with Crippen molar-refractivity contribution in [3.05, 3.63) is 65.2 Å². The van der Waals surface area contributed by atoms with Crippen LogP contribution in [0.3, 0.4) is 0 Å². The number of ether oxygens (including phenoxy) is 1. The second-order valence-electron chi connectivity index (χ2n) is 4.98. The van der Waals surface area contributed by atoms with Crippen molar-refractivity contribution in [3.8, 4) is 5.75 Å². The third-order valence-electron chi connectivity index (χ3n) is 3.18. The molecule has 0 spiro atoms. The zero-order valence-electron chi connectivity index (χ0n) is 13.2. The molecule has 0 saturated heterocycles. The first-order valence-corrected chi connectivity index (χ1v) is 6.72. The van der Waals surface area contributed by atoms with E-state index in [0.717, 1.165) is 30.3 Å². The van der Waals surface area contributed by atoms with E-state index in [9.17, 15) is 36.2 Å². The van der Waals surface area contributed by atoms with Crippen molar-refractivity contribution in [1.82, 2.24) is 0 Å². The van der Waals surface area contributed by atoms with Crippen LogP contribution in [0.1, 0.15) is 22.8 Å². The second kappa shape index (κ2) is 8.32. The fourth-order valence-electron chi connectivity index (χ4n) is 2.00. The van der Waals surface area contributed by atoms with E-state index in [1.54, 1.807) is 0 Å². The molecule has 2 rings (SSSR count). The fraction of sp³-hybridized carbons (Fsp3) is 0.188. The van der Waals surface area contributed by atoms with Crippen molar-refractivity contribution in [2.75, 3.05) is 0 Å². The van der Waals surface area contributed by atoms with Gasteiger partial charge in [0.25, 0.3) is 0 Å². The number of carboxylic acids is 1. The molecule has 2 aromatic carbocycles. The van der Waals surface area contributed by atoms with Crippen LogP contribution in [0.4, 0.5) is 26.3 Å². The number of carbonyl (C=O) groups is 1. The fourth-order valence-corrected chi connectivity index (χ4v) is 2.00. The van der Waals surface area contributed by atoms with Crippen LogP contribution in [0.2, 0.25) is 0 Å². The van der Waals surface area contributed by atoms with E-state index in [-0.39, 0.29) is 40.9 Å². The number of halogens is 6. The van der Waals surface area contributed by atoms with Gasteiger partial charge in [0.1, 0.15) is 5.75 Å². The number of rotatable bonds is 4. The Morgan fingerprint density at radius 3 is 1.88 bits per heavy atom. The number of hydrogen-bond acceptors (Lipinski definition) is 2. The summed E-state index contributed by atoms with van der Waals surface area (Å²) in [6.45, 7) is 0. The maximum absolute atomic E-state index is 12.7. The first kappa shape index (κ1) is 22.3. The van der Waals surface area contributed by atoms with E-state index in [2.05, 4.69) is 0 Å². The zero-order valence-corrected chi connectivity index (χ0v) is 15.2. The van der Waals surface area contributed by atoms with Gasteiger partial charge in [0, 0.05) is 35.1 Å². The molecular weight excluding hydrogens is 377 g/mol. The van der Waals surface area contributed by atoms with Gasteiger partial charge < -0.3 is 9.84 Å². The number of benzene rings is 2. The van der Waals surface area contributed by atoms with E-state index in [1.807, 2.05) is 0 Å². The molecule has 0 heterocycles. The Morgan fingerprint density at radius 2 is 1.42 bits per heavy atom. The molecule has 0 aliphatic rings. The number of carboxylic acid groups (broad SMARTS) is 1. The van der Waals surface area contributed by atoms with Gasteiger partial charge in [-0.15, -0.1) is 0 Å². The summed E-state index contributed by atoms with van der Waals surface area (Å²) < 4.78 is 80.7. The molecule has 0 aromatic heterocycles. The Balaban J connectivity index is 0.00000338. The van der Waals surface area contributed by atoms with Gasteiger partial charge in [-0.3, -0.25) is 0 Å². The van der Waals surface area contributed by atoms with Gasteiger partial charge in [0.15, 0.2) is 0 Å². The number of hydrogen-bond donors (Lipinski definition) is 1. The van der Waals surface area contributed by atoms with Crippen molar-refractivity contribution >= 4 is 35.5 Å². The van der Waals surface area contributed by atoms with E-state index in [4.69, 9.17) is 4.74 Å². The van der Waals surface area contributed by atoms with Gasteiger partial charge in [0.05, 0.1) is 11.1 Å². The van der Waals surface area contributed by atoms with Crippen molar-refractivity contribution in [2.24, 2.45) is 0 Å². The summed E-state index contributed by atoms with van der Waals surface area (Å²) in [6.07, 6.45) is -11.1. The Kier molecular flexibility index (Phi) is 7.15. The molecule has 1 N–H and O–H groups in total. The molecule has 0 aliphatic heterocycles. The molecule has 26 heavy (non-hydrogen) atoms. The van der Waals surface area contributed by atoms with Gasteiger partial charge in [-0.25, -0.2) is 4.79 Å². The molecule has 0 fully saturated rings. The van der Waals surface area contributed by atoms with Crippen LogP contribution < -0.4 is 4.74 Å². The zero-order chi connectivity index (χ0) is 18.8. The second-order valence-corrected chi connectivity index (χ2v) is 4.98. The summed E-state index contributed by atoms with van der Waals surface area (Å²) in [6, 6.07) is 6.67. The van der Waals surface area contributed by atoms with Crippen LogP contribution in [-0.4, -0.2) is 40.6 Å². The Bertz CT molecular complexity index is 756. The summed E-state index contributed by atoms with van der Waals surface area (Å²) in [5.74, 6) is -1.81. The Morgan fingerprint density at radius 1 is 0.885 bits per heavy atom. The quantitative estimate of drug-likeness (QED) is 0.619. The molecule has 1 radical (unpaired) electrons. The predicted molar refractivity (Wildman–Crippen MR) is 79.6 cm³/mol. The standard InChI is InChI=1S/C16H10F6O3.Na/c17-15(18,19)10-4-6-12(7-5-10)25-13(14(23)24)9-2-1-3-11(8-9)16(20,21)22;/h1-8,13H,(H,23,24);. The smallest absolute Gasteiger partial charge is 0.416 e. The molecule has 1 atom stereocenters. The SMILES string of the molecule is O=C(O)C(Oc1ccc(C(F)(F)F)cc1)c1cccc(C(F)(F)F)c1.[Na]. The molecule has 0 amide bonds. The first-order valence-electron chi connectivity index (χ1n) is 6.72. The average molecular weight is 387 g/mol. The van der Waals surface area contributed by atoms with E-state index in [0.29, 0.717) is 18.2 Å². The monoisotopic (exact) mass is 387 g/mol. The number of aliphatic carboxylic acids is 1. The molecule has 0 bridgehead atoms. The minimum Gasteiger partial charge on any atom is -0.478 e. The minimum absolute atomic E-state index is 0. The maximum atomic E-state index is 12.7. The van der Waals surface area contributed by atoms with Gasteiger partial charge in [0.2, 0.25) is 6.10 Å². The van der Waals surface area contributed by atoms with Gasteiger partial charge in [-0.1, -0.05) is 12.1 Å². The minimum atomic E-state index is -4.67. The molecule has 0 aliphatic carbocycles. The molecular formula is C16H10F6NaO3.